The van der Waals surface area contributed by atoms with Crippen LogP contribution < -0.4 is 0 Å². The Labute approximate surface area is 127 Å². The quantitative estimate of drug-likeness (QED) is 0.323. The second-order valence-electron chi connectivity index (χ2n) is 5.04. The molecule has 0 aliphatic heterocycles. The first-order chi connectivity index (χ1) is 10.3. The minimum Gasteiger partial charge on any atom is -0.236 e. The number of benzene rings is 3. The fourth-order valence-electron chi connectivity index (χ4n) is 2.84. The zero-order valence-corrected chi connectivity index (χ0v) is 12.0. The van der Waals surface area contributed by atoms with E-state index in [9.17, 15) is 0 Å². The summed E-state index contributed by atoms with van der Waals surface area (Å²) in [7, 11) is 0. The molecule has 0 spiro atoms. The molecule has 100 valence electrons. The normalized spacial score (nSPS) is 11.1. The van der Waals surface area contributed by atoms with Crippen molar-refractivity contribution in [3.63, 3.8) is 0 Å². The Morgan fingerprint density at radius 3 is 1.90 bits per heavy atom. The van der Waals surface area contributed by atoms with Gasteiger partial charge in [-0.3, -0.25) is 0 Å². The Kier molecular flexibility index (Phi) is 2.87. The molecule has 1 heterocycles. The number of nitrogens with zero attached hydrogens (tertiary/aromatic N) is 1. The SMILES string of the molecule is Clc1cccc(-c2c3ccccc3cc3ccccc23)n1. The standard InChI is InChI=1S/C19H12ClN/c20-18-11-5-10-17(21-18)19-15-8-3-1-6-13(15)12-14-7-2-4-9-16(14)19/h1-12H. The van der Waals surface area contributed by atoms with Gasteiger partial charge in [-0.2, -0.15) is 0 Å². The number of aromatic nitrogens is 1. The minimum atomic E-state index is 0.518. The van der Waals surface area contributed by atoms with E-state index in [2.05, 4.69) is 59.6 Å². The monoisotopic (exact) mass is 289 g/mol. The molecule has 0 unspecified atom stereocenters. The molecule has 0 saturated carbocycles. The van der Waals surface area contributed by atoms with Gasteiger partial charge >= 0.3 is 0 Å². The summed E-state index contributed by atoms with van der Waals surface area (Å²) in [5.41, 5.74) is 2.06. The van der Waals surface area contributed by atoms with Crippen LogP contribution >= 0.6 is 11.6 Å². The van der Waals surface area contributed by atoms with E-state index in [1.54, 1.807) is 6.07 Å². The van der Waals surface area contributed by atoms with Crippen LogP contribution in [0.4, 0.5) is 0 Å². The van der Waals surface area contributed by atoms with E-state index in [0.29, 0.717) is 5.15 Å². The summed E-state index contributed by atoms with van der Waals surface area (Å²) in [6.07, 6.45) is 0. The minimum absolute atomic E-state index is 0.518. The predicted molar refractivity (Wildman–Crippen MR) is 89.7 cm³/mol. The van der Waals surface area contributed by atoms with Gasteiger partial charge in [0.1, 0.15) is 5.15 Å². The van der Waals surface area contributed by atoms with Crippen molar-refractivity contribution in [1.29, 1.82) is 0 Å². The van der Waals surface area contributed by atoms with E-state index < -0.39 is 0 Å². The molecule has 0 amide bonds. The highest BCUT2D eigenvalue weighted by molar-refractivity contribution is 6.29. The molecule has 2 heteroatoms. The second-order valence-corrected chi connectivity index (χ2v) is 5.43. The Morgan fingerprint density at radius 1 is 0.667 bits per heavy atom. The Morgan fingerprint density at radius 2 is 1.29 bits per heavy atom. The van der Waals surface area contributed by atoms with Gasteiger partial charge in [-0.25, -0.2) is 4.98 Å². The van der Waals surface area contributed by atoms with Crippen LogP contribution in [0.25, 0.3) is 32.8 Å². The average molecular weight is 290 g/mol. The lowest BCUT2D eigenvalue weighted by atomic mass is 9.94. The van der Waals surface area contributed by atoms with Gasteiger partial charge in [-0.05, 0) is 39.7 Å². The molecule has 0 bridgehead atoms. The van der Waals surface area contributed by atoms with Gasteiger partial charge in [0.15, 0.2) is 0 Å². The number of rotatable bonds is 1. The number of pyridine rings is 1. The van der Waals surface area contributed by atoms with Gasteiger partial charge in [0, 0.05) is 5.56 Å². The molecule has 0 saturated heterocycles. The van der Waals surface area contributed by atoms with Crippen molar-refractivity contribution in [3.8, 4) is 11.3 Å². The molecule has 1 aromatic heterocycles. The van der Waals surface area contributed by atoms with Crippen LogP contribution in [0.1, 0.15) is 0 Å². The summed E-state index contributed by atoms with van der Waals surface area (Å²) in [6.45, 7) is 0. The number of hydrogen-bond donors (Lipinski definition) is 0. The summed E-state index contributed by atoms with van der Waals surface area (Å²) >= 11 is 6.09. The second kappa shape index (κ2) is 4.87. The first kappa shape index (κ1) is 12.4. The molecule has 0 aliphatic carbocycles. The van der Waals surface area contributed by atoms with E-state index in [4.69, 9.17) is 11.6 Å². The number of fused-ring (bicyclic) bond motifs is 2. The third kappa shape index (κ3) is 2.07. The van der Waals surface area contributed by atoms with Crippen LogP contribution in [0.2, 0.25) is 5.15 Å². The first-order valence-corrected chi connectivity index (χ1v) is 7.24. The first-order valence-electron chi connectivity index (χ1n) is 6.86. The average Bonchev–Trinajstić information content (AvgIpc) is 2.52. The smallest absolute Gasteiger partial charge is 0.129 e. The van der Waals surface area contributed by atoms with Crippen molar-refractivity contribution in [3.05, 3.63) is 77.9 Å². The van der Waals surface area contributed by atoms with E-state index in [-0.39, 0.29) is 0 Å². The maximum absolute atomic E-state index is 6.09. The van der Waals surface area contributed by atoms with E-state index in [1.807, 2.05) is 12.1 Å². The van der Waals surface area contributed by atoms with Crippen molar-refractivity contribution < 1.29 is 0 Å². The number of hydrogen-bond acceptors (Lipinski definition) is 1. The Hall–Kier alpha value is -2.38. The number of halogens is 1. The fourth-order valence-corrected chi connectivity index (χ4v) is 3.00. The van der Waals surface area contributed by atoms with E-state index in [1.165, 1.54) is 21.5 Å². The van der Waals surface area contributed by atoms with E-state index >= 15 is 0 Å². The van der Waals surface area contributed by atoms with Gasteiger partial charge in [-0.1, -0.05) is 66.2 Å². The van der Waals surface area contributed by atoms with Gasteiger partial charge < -0.3 is 0 Å². The Bertz CT molecular complexity index is 906. The zero-order valence-electron chi connectivity index (χ0n) is 11.3. The zero-order chi connectivity index (χ0) is 14.2. The fraction of sp³-hybridized carbons (Fsp3) is 0. The predicted octanol–water partition coefficient (Wildman–Crippen LogP) is 5.71. The highest BCUT2D eigenvalue weighted by atomic mass is 35.5. The summed E-state index contributed by atoms with van der Waals surface area (Å²) in [6, 6.07) is 24.8. The van der Waals surface area contributed by atoms with Crippen molar-refractivity contribution in [2.24, 2.45) is 0 Å². The molecule has 4 rings (SSSR count). The molecule has 3 aromatic carbocycles. The van der Waals surface area contributed by atoms with Gasteiger partial charge in [0.2, 0.25) is 0 Å². The summed E-state index contributed by atoms with van der Waals surface area (Å²) in [5, 5.41) is 5.35. The van der Waals surface area contributed by atoms with Crippen molar-refractivity contribution in [2.75, 3.05) is 0 Å². The molecule has 0 radical (unpaired) electrons. The largest absolute Gasteiger partial charge is 0.236 e. The van der Waals surface area contributed by atoms with Crippen molar-refractivity contribution >= 4 is 33.1 Å². The third-order valence-corrected chi connectivity index (χ3v) is 3.95. The molecule has 4 aromatic rings. The lowest BCUT2D eigenvalue weighted by Crippen LogP contribution is -1.88. The van der Waals surface area contributed by atoms with Gasteiger partial charge in [0.25, 0.3) is 0 Å². The maximum atomic E-state index is 6.09. The molecule has 1 nitrogen and oxygen atoms in total. The summed E-state index contributed by atoms with van der Waals surface area (Å²) in [4.78, 5) is 4.51. The lowest BCUT2D eigenvalue weighted by Gasteiger charge is -2.11. The van der Waals surface area contributed by atoms with Crippen LogP contribution in [-0.4, -0.2) is 4.98 Å². The van der Waals surface area contributed by atoms with Crippen LogP contribution in [0, 0.1) is 0 Å². The highest BCUT2D eigenvalue weighted by Gasteiger charge is 2.10. The third-order valence-electron chi connectivity index (χ3n) is 3.74. The van der Waals surface area contributed by atoms with Gasteiger partial charge in [-0.15, -0.1) is 0 Å². The molecular weight excluding hydrogens is 278 g/mol. The van der Waals surface area contributed by atoms with Crippen molar-refractivity contribution in [2.45, 2.75) is 0 Å². The summed E-state index contributed by atoms with van der Waals surface area (Å²) < 4.78 is 0. The van der Waals surface area contributed by atoms with Gasteiger partial charge in [0.05, 0.1) is 5.69 Å². The summed E-state index contributed by atoms with van der Waals surface area (Å²) in [5.74, 6) is 0. The molecule has 0 aliphatic rings. The lowest BCUT2D eigenvalue weighted by molar-refractivity contribution is 1.34. The molecular formula is C19H12ClN. The van der Waals surface area contributed by atoms with Crippen LogP contribution in [0.5, 0.6) is 0 Å². The highest BCUT2D eigenvalue weighted by Crippen LogP contribution is 2.35. The maximum Gasteiger partial charge on any atom is 0.129 e. The topological polar surface area (TPSA) is 12.9 Å². The molecule has 0 fully saturated rings. The van der Waals surface area contributed by atoms with E-state index in [0.717, 1.165) is 11.3 Å². The molecule has 0 N–H and O–H groups in total. The molecule has 21 heavy (non-hydrogen) atoms. The Balaban J connectivity index is 2.21. The van der Waals surface area contributed by atoms with Crippen LogP contribution in [0.15, 0.2) is 72.8 Å². The van der Waals surface area contributed by atoms with Crippen molar-refractivity contribution in [1.82, 2.24) is 4.98 Å². The van der Waals surface area contributed by atoms with Crippen LogP contribution in [-0.2, 0) is 0 Å². The molecule has 0 atom stereocenters. The van der Waals surface area contributed by atoms with Crippen LogP contribution in [0.3, 0.4) is 0 Å².